The normalized spacial score (nSPS) is 16.9. The first-order valence-electron chi connectivity index (χ1n) is 8.65. The number of amides is 1. The minimum absolute atomic E-state index is 0.0350. The number of thiazole rings is 1. The van der Waals surface area contributed by atoms with Crippen LogP contribution in [0.4, 0.5) is 10.9 Å². The Kier molecular flexibility index (Phi) is 4.93. The number of carbonyl (C=O) groups is 1. The summed E-state index contributed by atoms with van der Waals surface area (Å²) in [5.41, 5.74) is 1.67. The fourth-order valence-corrected chi connectivity index (χ4v) is 3.71. The zero-order valence-electron chi connectivity index (χ0n) is 14.8. The third-order valence-electron chi connectivity index (χ3n) is 4.38. The van der Waals surface area contributed by atoms with Gasteiger partial charge in [-0.2, -0.15) is 5.10 Å². The highest BCUT2D eigenvalue weighted by molar-refractivity contribution is 7.13. The molecule has 4 rings (SSSR count). The summed E-state index contributed by atoms with van der Waals surface area (Å²) >= 11 is 1.49. The summed E-state index contributed by atoms with van der Waals surface area (Å²) in [6.07, 6.45) is 13.8. The van der Waals surface area contributed by atoms with E-state index in [1.807, 2.05) is 23.5 Å². The summed E-state index contributed by atoms with van der Waals surface area (Å²) in [5, 5.41) is 9.98. The van der Waals surface area contributed by atoms with E-state index >= 15 is 0 Å². The van der Waals surface area contributed by atoms with Gasteiger partial charge < -0.3 is 10.2 Å². The van der Waals surface area contributed by atoms with Gasteiger partial charge in [-0.15, -0.1) is 11.3 Å². The first-order valence-corrected chi connectivity index (χ1v) is 9.53. The van der Waals surface area contributed by atoms with E-state index in [1.165, 1.54) is 11.3 Å². The lowest BCUT2D eigenvalue weighted by Gasteiger charge is -2.24. The van der Waals surface area contributed by atoms with Crippen LogP contribution in [-0.2, 0) is 11.8 Å². The summed E-state index contributed by atoms with van der Waals surface area (Å²) in [7, 11) is 1.85. The zero-order valence-corrected chi connectivity index (χ0v) is 15.6. The molecule has 0 saturated carbocycles. The van der Waals surface area contributed by atoms with Crippen molar-refractivity contribution < 1.29 is 4.79 Å². The Morgan fingerprint density at radius 1 is 1.30 bits per heavy atom. The van der Waals surface area contributed by atoms with Gasteiger partial charge in [0.05, 0.1) is 12.2 Å². The minimum Gasteiger partial charge on any atom is -0.330 e. The van der Waals surface area contributed by atoms with E-state index in [2.05, 4.69) is 25.4 Å². The Hall–Kier alpha value is -3.07. The molecule has 1 aliphatic rings. The molecule has 9 heteroatoms. The van der Waals surface area contributed by atoms with Gasteiger partial charge in [-0.1, -0.05) is 0 Å². The molecular formula is C18H19N7OS. The molecule has 0 radical (unpaired) electrons. The summed E-state index contributed by atoms with van der Waals surface area (Å²) in [4.78, 5) is 27.8. The fourth-order valence-electron chi connectivity index (χ4n) is 3.18. The molecule has 0 spiro atoms. The maximum absolute atomic E-state index is 12.8. The maximum Gasteiger partial charge on any atom is 0.247 e. The van der Waals surface area contributed by atoms with Crippen molar-refractivity contribution in [1.82, 2.24) is 29.6 Å². The molecule has 0 aromatic carbocycles. The SMILES string of the molecule is Cn1cc(/C=C/C(=O)N2CCCC2c2nccnc2Nc2nccs2)cn1. The van der Waals surface area contributed by atoms with Crippen LogP contribution >= 0.6 is 11.3 Å². The van der Waals surface area contributed by atoms with Crippen LogP contribution in [0.25, 0.3) is 6.08 Å². The molecule has 1 atom stereocenters. The minimum atomic E-state index is -0.104. The number of hydrogen-bond donors (Lipinski definition) is 1. The van der Waals surface area contributed by atoms with Gasteiger partial charge in [0.15, 0.2) is 10.9 Å². The molecule has 1 unspecified atom stereocenters. The summed E-state index contributed by atoms with van der Waals surface area (Å²) < 4.78 is 1.71. The van der Waals surface area contributed by atoms with Gasteiger partial charge in [0, 0.05) is 55.4 Å². The van der Waals surface area contributed by atoms with Crippen molar-refractivity contribution in [3.63, 3.8) is 0 Å². The number of aryl methyl sites for hydroxylation is 1. The van der Waals surface area contributed by atoms with Crippen molar-refractivity contribution in [2.24, 2.45) is 7.05 Å². The van der Waals surface area contributed by atoms with Gasteiger partial charge in [0.25, 0.3) is 0 Å². The zero-order chi connectivity index (χ0) is 18.6. The van der Waals surface area contributed by atoms with E-state index in [1.54, 1.807) is 41.6 Å². The average molecular weight is 381 g/mol. The van der Waals surface area contributed by atoms with E-state index in [4.69, 9.17) is 0 Å². The van der Waals surface area contributed by atoms with Crippen molar-refractivity contribution >= 4 is 34.3 Å². The molecule has 1 fully saturated rings. The molecule has 1 aliphatic heterocycles. The smallest absolute Gasteiger partial charge is 0.247 e. The average Bonchev–Trinajstić information content (AvgIpc) is 3.42. The third kappa shape index (κ3) is 3.87. The van der Waals surface area contributed by atoms with E-state index in [0.29, 0.717) is 12.4 Å². The van der Waals surface area contributed by atoms with Crippen LogP contribution in [0.15, 0.2) is 42.4 Å². The first-order chi connectivity index (χ1) is 13.2. The standard InChI is InChI=1S/C18H19N7OS/c1-24-12-13(11-22-24)4-5-15(26)25-9-2-3-14(25)16-17(20-7-6-19-16)23-18-21-8-10-27-18/h4-8,10-12,14H,2-3,9H2,1H3,(H,20,21,23)/b5-4+. The quantitative estimate of drug-likeness (QED) is 0.684. The number of likely N-dealkylation sites (tertiary alicyclic amines) is 1. The summed E-state index contributed by atoms with van der Waals surface area (Å²) in [6, 6.07) is -0.104. The summed E-state index contributed by atoms with van der Waals surface area (Å²) in [5.74, 6) is 0.612. The van der Waals surface area contributed by atoms with Crippen LogP contribution < -0.4 is 5.32 Å². The Morgan fingerprint density at radius 2 is 2.19 bits per heavy atom. The largest absolute Gasteiger partial charge is 0.330 e. The lowest BCUT2D eigenvalue weighted by Crippen LogP contribution is -2.30. The number of hydrogen-bond acceptors (Lipinski definition) is 7. The predicted octanol–water partition coefficient (Wildman–Crippen LogP) is 2.79. The number of nitrogens with zero attached hydrogens (tertiary/aromatic N) is 6. The maximum atomic E-state index is 12.8. The van der Waals surface area contributed by atoms with Crippen molar-refractivity contribution in [2.45, 2.75) is 18.9 Å². The first kappa shape index (κ1) is 17.3. The summed E-state index contributed by atoms with van der Waals surface area (Å²) in [6.45, 7) is 0.703. The fraction of sp³-hybridized carbons (Fsp3) is 0.278. The van der Waals surface area contributed by atoms with Gasteiger partial charge in [0.1, 0.15) is 5.69 Å². The van der Waals surface area contributed by atoms with Crippen molar-refractivity contribution in [2.75, 3.05) is 11.9 Å². The molecule has 1 N–H and O–H groups in total. The molecule has 27 heavy (non-hydrogen) atoms. The Labute approximate surface area is 160 Å². The molecule has 138 valence electrons. The van der Waals surface area contributed by atoms with Crippen LogP contribution in [0.3, 0.4) is 0 Å². The highest BCUT2D eigenvalue weighted by atomic mass is 32.1. The highest BCUT2D eigenvalue weighted by Gasteiger charge is 2.32. The molecule has 8 nitrogen and oxygen atoms in total. The van der Waals surface area contributed by atoms with E-state index in [9.17, 15) is 4.79 Å². The lowest BCUT2D eigenvalue weighted by atomic mass is 10.1. The molecular weight excluding hydrogens is 362 g/mol. The van der Waals surface area contributed by atoms with Gasteiger partial charge in [-0.3, -0.25) is 14.5 Å². The van der Waals surface area contributed by atoms with Crippen LogP contribution in [-0.4, -0.2) is 42.1 Å². The highest BCUT2D eigenvalue weighted by Crippen LogP contribution is 2.35. The van der Waals surface area contributed by atoms with Gasteiger partial charge >= 0.3 is 0 Å². The molecule has 3 aromatic rings. The van der Waals surface area contributed by atoms with Crippen LogP contribution in [0.1, 0.15) is 30.1 Å². The predicted molar refractivity (Wildman–Crippen MR) is 103 cm³/mol. The second kappa shape index (κ2) is 7.67. The molecule has 0 aliphatic carbocycles. The number of rotatable bonds is 5. The monoisotopic (exact) mass is 381 g/mol. The number of carbonyl (C=O) groups excluding carboxylic acids is 1. The van der Waals surface area contributed by atoms with Crippen LogP contribution in [0.2, 0.25) is 0 Å². The molecule has 0 bridgehead atoms. The van der Waals surface area contributed by atoms with Crippen LogP contribution in [0.5, 0.6) is 0 Å². The Bertz CT molecular complexity index is 950. The lowest BCUT2D eigenvalue weighted by molar-refractivity contribution is -0.126. The molecule has 3 aromatic heterocycles. The van der Waals surface area contributed by atoms with Crippen molar-refractivity contribution in [1.29, 1.82) is 0 Å². The van der Waals surface area contributed by atoms with Crippen LogP contribution in [0, 0.1) is 0 Å². The van der Waals surface area contributed by atoms with Gasteiger partial charge in [-0.25, -0.2) is 9.97 Å². The number of aromatic nitrogens is 5. The van der Waals surface area contributed by atoms with E-state index in [0.717, 1.165) is 29.2 Å². The van der Waals surface area contributed by atoms with Gasteiger partial charge in [-0.05, 0) is 18.9 Å². The number of anilines is 2. The van der Waals surface area contributed by atoms with E-state index in [-0.39, 0.29) is 11.9 Å². The van der Waals surface area contributed by atoms with Gasteiger partial charge in [0.2, 0.25) is 5.91 Å². The molecule has 4 heterocycles. The Morgan fingerprint density at radius 3 is 2.96 bits per heavy atom. The van der Waals surface area contributed by atoms with Crippen molar-refractivity contribution in [3.8, 4) is 0 Å². The topological polar surface area (TPSA) is 88.8 Å². The second-order valence-electron chi connectivity index (χ2n) is 6.22. The van der Waals surface area contributed by atoms with Crippen molar-refractivity contribution in [3.05, 3.63) is 53.7 Å². The Balaban J connectivity index is 1.54. The molecule has 1 saturated heterocycles. The second-order valence-corrected chi connectivity index (χ2v) is 7.12. The number of nitrogens with one attached hydrogen (secondary N) is 1. The van der Waals surface area contributed by atoms with E-state index < -0.39 is 0 Å². The third-order valence-corrected chi connectivity index (χ3v) is 5.07. The molecule has 1 amide bonds.